The van der Waals surface area contributed by atoms with Crippen LogP contribution in [0.3, 0.4) is 0 Å². The van der Waals surface area contributed by atoms with Crippen molar-refractivity contribution in [3.63, 3.8) is 0 Å². The van der Waals surface area contributed by atoms with Crippen molar-refractivity contribution in [3.05, 3.63) is 184 Å². The molecular formula is C54H55N5O10. The van der Waals surface area contributed by atoms with Gasteiger partial charge in [-0.3, -0.25) is 19.2 Å². The maximum atomic E-state index is 12.9. The molecule has 0 atom stereocenters. The molecule has 8 aromatic rings. The van der Waals surface area contributed by atoms with E-state index in [1.807, 2.05) is 150 Å². The number of nitrogen functional groups attached to an aromatic ring is 1. The van der Waals surface area contributed by atoms with Crippen LogP contribution in [0.2, 0.25) is 0 Å². The number of esters is 1. The third kappa shape index (κ3) is 13.8. The van der Waals surface area contributed by atoms with Gasteiger partial charge in [0.15, 0.2) is 23.1 Å². The fourth-order valence-electron chi connectivity index (χ4n) is 7.66. The highest BCUT2D eigenvalue weighted by Gasteiger charge is 2.18. The van der Waals surface area contributed by atoms with Gasteiger partial charge < -0.3 is 37.6 Å². The molecule has 0 aliphatic carbocycles. The second-order valence-corrected chi connectivity index (χ2v) is 16.5. The fourth-order valence-corrected chi connectivity index (χ4v) is 7.66. The number of hydrogen-bond acceptors (Lipinski definition) is 11. The summed E-state index contributed by atoms with van der Waals surface area (Å²) in [6, 6.07) is 29.6. The lowest BCUT2D eigenvalue weighted by Gasteiger charge is -2.04. The van der Waals surface area contributed by atoms with Crippen molar-refractivity contribution in [3.8, 4) is 22.6 Å². The largest absolute Gasteiger partial charge is 0.463 e. The molecule has 0 radical (unpaired) electrons. The Kier molecular flexibility index (Phi) is 17.3. The molecule has 0 bridgehead atoms. The number of Topliss-reactive ketones (excluding diaryl/α,β-unsaturated/α-hetero) is 4. The van der Waals surface area contributed by atoms with Crippen LogP contribution in [0.4, 0.5) is 5.69 Å². The Balaban J connectivity index is 0.000000200. The SMILES string of the molecule is CC(=O)c1cc(CC(=O)c2cc(C)cn2C)cn1C.COC(=O)c1ccc(-c2ccc(N)cc2)o1.Cc1cc(C(=O)Cc2cc(C(=O)Cc3ccc(-c4ccc(C)o4)cc3)n(C)c2)n(C)c1.O=C=O. The number of aryl methyl sites for hydroxylation is 7. The maximum Gasteiger partial charge on any atom is 0.373 e. The zero-order valence-corrected chi connectivity index (χ0v) is 40.1. The van der Waals surface area contributed by atoms with Gasteiger partial charge in [-0.15, -0.1) is 0 Å². The van der Waals surface area contributed by atoms with E-state index in [1.54, 1.807) is 39.5 Å². The standard InChI is InChI=1S/C26H26N2O3.C15H18N2O2.C12H11NO3.CO2/c1-17-11-22(27(3)15-17)25(30)14-20-12-23(28(4)16-20)24(29)13-19-6-8-21(9-7-19)26-10-5-18(2)31-26;1-10-5-14(16(3)8-10)15(19)7-12-6-13(11(2)18)17(4)9-12;1-15-12(14)11-7-6-10(16-11)8-2-4-9(13)5-3-8;2-1-3/h5-12,15-16H,13-14H2,1-4H3;5-6,8-9H,7H2,1-4H3;2-7H,13H2,1H3;. The molecule has 2 aromatic carbocycles. The van der Waals surface area contributed by atoms with Gasteiger partial charge in [0, 0.05) is 96.0 Å². The van der Waals surface area contributed by atoms with Gasteiger partial charge in [-0.25, -0.2) is 4.79 Å². The van der Waals surface area contributed by atoms with Crippen molar-refractivity contribution < 1.29 is 47.1 Å². The Bertz CT molecular complexity index is 3120. The molecule has 0 aliphatic rings. The number of carbonyl (C=O) groups is 5. The van der Waals surface area contributed by atoms with Crippen molar-refractivity contribution in [2.75, 3.05) is 12.8 Å². The fraction of sp³-hybridized carbons (Fsp3) is 0.222. The molecule has 69 heavy (non-hydrogen) atoms. The van der Waals surface area contributed by atoms with Crippen LogP contribution in [0.25, 0.3) is 22.6 Å². The van der Waals surface area contributed by atoms with Gasteiger partial charge >= 0.3 is 12.1 Å². The van der Waals surface area contributed by atoms with Gasteiger partial charge in [0.1, 0.15) is 17.3 Å². The Morgan fingerprint density at radius 1 is 0.536 bits per heavy atom. The van der Waals surface area contributed by atoms with Gasteiger partial charge in [-0.05, 0) is 121 Å². The van der Waals surface area contributed by atoms with Gasteiger partial charge in [-0.2, -0.15) is 9.59 Å². The molecule has 0 amide bonds. The number of anilines is 1. The highest BCUT2D eigenvalue weighted by molar-refractivity contribution is 5.99. The Morgan fingerprint density at radius 3 is 1.36 bits per heavy atom. The zero-order valence-electron chi connectivity index (χ0n) is 40.1. The lowest BCUT2D eigenvalue weighted by atomic mass is 10.0. The summed E-state index contributed by atoms with van der Waals surface area (Å²) in [6.45, 7) is 7.38. The summed E-state index contributed by atoms with van der Waals surface area (Å²) in [6.07, 6.45) is 8.71. The van der Waals surface area contributed by atoms with Crippen molar-refractivity contribution in [1.82, 2.24) is 18.3 Å². The van der Waals surface area contributed by atoms with Crippen LogP contribution in [-0.2, 0) is 61.8 Å². The number of rotatable bonds is 13. The van der Waals surface area contributed by atoms with Gasteiger partial charge in [0.05, 0.1) is 29.9 Å². The van der Waals surface area contributed by atoms with Crippen LogP contribution in [0.1, 0.15) is 93.0 Å². The summed E-state index contributed by atoms with van der Waals surface area (Å²) >= 11 is 0. The number of benzene rings is 2. The molecule has 356 valence electrons. The minimum absolute atomic E-state index is 0.0101. The van der Waals surface area contributed by atoms with Crippen LogP contribution in [0.5, 0.6) is 0 Å². The molecular weight excluding hydrogens is 879 g/mol. The molecule has 0 spiro atoms. The first-order valence-electron chi connectivity index (χ1n) is 21.7. The van der Waals surface area contributed by atoms with Crippen molar-refractivity contribution >= 4 is 40.9 Å². The van der Waals surface area contributed by atoms with E-state index in [1.165, 1.54) is 14.0 Å². The Morgan fingerprint density at radius 2 is 0.942 bits per heavy atom. The first-order chi connectivity index (χ1) is 32.8. The number of nitrogens with two attached hydrogens (primary N) is 1. The van der Waals surface area contributed by atoms with Crippen molar-refractivity contribution in [2.45, 2.75) is 47.0 Å². The number of ketones is 4. The van der Waals surface area contributed by atoms with Crippen LogP contribution < -0.4 is 5.73 Å². The predicted molar refractivity (Wildman–Crippen MR) is 259 cm³/mol. The minimum Gasteiger partial charge on any atom is -0.463 e. The molecule has 15 heteroatoms. The average molecular weight is 934 g/mol. The van der Waals surface area contributed by atoms with Gasteiger partial charge in [0.25, 0.3) is 0 Å². The lowest BCUT2D eigenvalue weighted by molar-refractivity contribution is -0.191. The number of carbonyl (C=O) groups excluding carboxylic acids is 7. The maximum absolute atomic E-state index is 12.9. The number of furan rings is 2. The molecule has 2 N–H and O–H groups in total. The third-order valence-corrected chi connectivity index (χ3v) is 10.9. The summed E-state index contributed by atoms with van der Waals surface area (Å²) in [4.78, 5) is 76.6. The zero-order chi connectivity index (χ0) is 50.5. The minimum atomic E-state index is -0.485. The summed E-state index contributed by atoms with van der Waals surface area (Å²) in [7, 11) is 8.71. The number of hydrogen-bond donors (Lipinski definition) is 1. The molecule has 0 fully saturated rings. The van der Waals surface area contributed by atoms with Crippen LogP contribution in [0.15, 0.2) is 131 Å². The number of methoxy groups -OCH3 is 1. The van der Waals surface area contributed by atoms with E-state index in [0.29, 0.717) is 47.1 Å². The monoisotopic (exact) mass is 933 g/mol. The highest BCUT2D eigenvalue weighted by atomic mass is 16.5. The van der Waals surface area contributed by atoms with Crippen molar-refractivity contribution in [1.29, 1.82) is 0 Å². The third-order valence-electron chi connectivity index (χ3n) is 10.9. The summed E-state index contributed by atoms with van der Waals surface area (Å²) in [5.41, 5.74) is 15.5. The molecule has 0 saturated carbocycles. The van der Waals surface area contributed by atoms with E-state index in [-0.39, 0.29) is 41.5 Å². The number of ether oxygens (including phenoxy) is 1. The van der Waals surface area contributed by atoms with E-state index in [2.05, 4.69) is 4.74 Å². The van der Waals surface area contributed by atoms with Gasteiger partial charge in [0.2, 0.25) is 5.76 Å². The quantitative estimate of drug-likeness (QED) is 0.0657. The topological polar surface area (TPSA) is 201 Å². The normalized spacial score (nSPS) is 10.4. The summed E-state index contributed by atoms with van der Waals surface area (Å²) in [5.74, 6) is 2.15. The second-order valence-electron chi connectivity index (χ2n) is 16.5. The number of nitrogens with zero attached hydrogens (tertiary/aromatic N) is 4. The van der Waals surface area contributed by atoms with Crippen LogP contribution in [0, 0.1) is 20.8 Å². The molecule has 8 rings (SSSR count). The smallest absolute Gasteiger partial charge is 0.373 e. The van der Waals surface area contributed by atoms with Crippen LogP contribution >= 0.6 is 0 Å². The predicted octanol–water partition coefficient (Wildman–Crippen LogP) is 9.12. The molecule has 0 unspecified atom stereocenters. The van der Waals surface area contributed by atoms with E-state index in [4.69, 9.17) is 24.2 Å². The second kappa shape index (κ2) is 23.3. The first kappa shape index (κ1) is 51.4. The van der Waals surface area contributed by atoms with Crippen LogP contribution in [-0.4, -0.2) is 60.6 Å². The Hall–Kier alpha value is -8.55. The first-order valence-corrected chi connectivity index (χ1v) is 21.7. The van der Waals surface area contributed by atoms with E-state index in [9.17, 15) is 24.0 Å². The van der Waals surface area contributed by atoms with E-state index in [0.717, 1.165) is 50.5 Å². The molecule has 15 nitrogen and oxygen atoms in total. The van der Waals surface area contributed by atoms with E-state index < -0.39 is 5.97 Å². The van der Waals surface area contributed by atoms with Gasteiger partial charge in [-0.1, -0.05) is 24.3 Å². The summed E-state index contributed by atoms with van der Waals surface area (Å²) < 4.78 is 22.8. The molecule has 6 heterocycles. The summed E-state index contributed by atoms with van der Waals surface area (Å²) in [5, 5.41) is 0. The molecule has 0 saturated heterocycles. The lowest BCUT2D eigenvalue weighted by Crippen LogP contribution is -2.08. The highest BCUT2D eigenvalue weighted by Crippen LogP contribution is 2.25. The molecule has 0 aliphatic heterocycles. The van der Waals surface area contributed by atoms with Crippen molar-refractivity contribution in [2.24, 2.45) is 28.2 Å². The number of aromatic nitrogens is 4. The molecule has 6 aromatic heterocycles. The average Bonchev–Trinajstić information content (AvgIpc) is 4.18. The Labute approximate surface area is 399 Å². The van der Waals surface area contributed by atoms with E-state index >= 15 is 0 Å².